The number of hydrogen-bond donors (Lipinski definition) is 3. The van der Waals surface area contributed by atoms with E-state index in [0.717, 1.165) is 0 Å². The Hall–Kier alpha value is -1.66. The molecule has 0 fully saturated rings. The second-order valence-electron chi connectivity index (χ2n) is 5.42. The van der Waals surface area contributed by atoms with Crippen molar-refractivity contribution in [2.75, 3.05) is 32.9 Å². The molecule has 0 aliphatic carbocycles. The SMILES string of the molecule is CN(C)CC(C)(O)CNS(=O)(=O)c1ccc(C#N)cc1N. The number of nitrogens with zero attached hydrogens (tertiary/aromatic N) is 2. The molecule has 0 amide bonds. The van der Waals surface area contributed by atoms with Crippen molar-refractivity contribution < 1.29 is 13.5 Å². The number of anilines is 1. The number of sulfonamides is 1. The number of aliphatic hydroxyl groups is 1. The highest BCUT2D eigenvalue weighted by Crippen LogP contribution is 2.19. The van der Waals surface area contributed by atoms with Gasteiger partial charge in [-0.25, -0.2) is 13.1 Å². The Morgan fingerprint density at radius 1 is 1.48 bits per heavy atom. The Morgan fingerprint density at radius 2 is 2.10 bits per heavy atom. The highest BCUT2D eigenvalue weighted by atomic mass is 32.2. The average Bonchev–Trinajstić information content (AvgIpc) is 2.34. The molecule has 0 aromatic heterocycles. The molecule has 0 saturated carbocycles. The fourth-order valence-corrected chi connectivity index (χ4v) is 3.20. The highest BCUT2D eigenvalue weighted by Gasteiger charge is 2.26. The van der Waals surface area contributed by atoms with Crippen molar-refractivity contribution in [3.63, 3.8) is 0 Å². The summed E-state index contributed by atoms with van der Waals surface area (Å²) in [5.74, 6) is 0. The predicted octanol–water partition coefficient (Wildman–Crippen LogP) is -0.269. The summed E-state index contributed by atoms with van der Waals surface area (Å²) in [7, 11) is -0.289. The first-order valence-electron chi connectivity index (χ1n) is 6.24. The smallest absolute Gasteiger partial charge is 0.242 e. The van der Waals surface area contributed by atoms with Crippen LogP contribution < -0.4 is 10.5 Å². The quantitative estimate of drug-likeness (QED) is 0.622. The molecule has 0 saturated heterocycles. The molecular weight excluding hydrogens is 292 g/mol. The maximum atomic E-state index is 12.2. The van der Waals surface area contributed by atoms with E-state index in [2.05, 4.69) is 4.72 Å². The van der Waals surface area contributed by atoms with Gasteiger partial charge in [0.25, 0.3) is 0 Å². The standard InChI is InChI=1S/C13H20N4O3S/c1-13(18,9-17(2)3)8-16-21(19,20)12-5-4-10(7-14)6-11(12)15/h4-6,16,18H,8-9,15H2,1-3H3. The number of nitrogens with one attached hydrogen (secondary N) is 1. The molecule has 0 radical (unpaired) electrons. The third-order valence-corrected chi connectivity index (χ3v) is 4.20. The molecule has 1 atom stereocenters. The number of nitrogen functional groups attached to an aromatic ring is 1. The van der Waals surface area contributed by atoms with Crippen molar-refractivity contribution in [1.29, 1.82) is 5.26 Å². The van der Waals surface area contributed by atoms with E-state index in [1.54, 1.807) is 19.0 Å². The summed E-state index contributed by atoms with van der Waals surface area (Å²) in [6.45, 7) is 1.70. The Kier molecular flexibility index (Phi) is 5.31. The lowest BCUT2D eigenvalue weighted by Crippen LogP contribution is -2.47. The molecule has 1 aromatic rings. The number of benzene rings is 1. The zero-order chi connectivity index (χ0) is 16.3. The molecule has 0 heterocycles. The Balaban J connectivity index is 2.91. The highest BCUT2D eigenvalue weighted by molar-refractivity contribution is 7.89. The van der Waals surface area contributed by atoms with Gasteiger partial charge in [-0.3, -0.25) is 0 Å². The largest absolute Gasteiger partial charge is 0.398 e. The van der Waals surface area contributed by atoms with Crippen LogP contribution >= 0.6 is 0 Å². The molecule has 0 aliphatic rings. The fourth-order valence-electron chi connectivity index (χ4n) is 1.93. The second-order valence-corrected chi connectivity index (χ2v) is 7.16. The van der Waals surface area contributed by atoms with Gasteiger partial charge in [0.1, 0.15) is 4.90 Å². The number of rotatable bonds is 6. The fraction of sp³-hybridized carbons (Fsp3) is 0.462. The van der Waals surface area contributed by atoms with Gasteiger partial charge >= 0.3 is 0 Å². The van der Waals surface area contributed by atoms with Crippen LogP contribution in [0.15, 0.2) is 23.1 Å². The van der Waals surface area contributed by atoms with Crippen LogP contribution in [0.1, 0.15) is 12.5 Å². The summed E-state index contributed by atoms with van der Waals surface area (Å²) >= 11 is 0. The van der Waals surface area contributed by atoms with Gasteiger partial charge in [0.05, 0.1) is 22.9 Å². The van der Waals surface area contributed by atoms with E-state index in [1.165, 1.54) is 25.1 Å². The zero-order valence-electron chi connectivity index (χ0n) is 12.3. The number of nitriles is 1. The summed E-state index contributed by atoms with van der Waals surface area (Å²) in [6.07, 6.45) is 0. The summed E-state index contributed by atoms with van der Waals surface area (Å²) < 4.78 is 26.7. The topological polar surface area (TPSA) is 119 Å². The van der Waals surface area contributed by atoms with E-state index >= 15 is 0 Å². The molecule has 4 N–H and O–H groups in total. The van der Waals surface area contributed by atoms with Crippen molar-refractivity contribution in [3.05, 3.63) is 23.8 Å². The van der Waals surface area contributed by atoms with Crippen molar-refractivity contribution in [1.82, 2.24) is 9.62 Å². The monoisotopic (exact) mass is 312 g/mol. The van der Waals surface area contributed by atoms with Crippen LogP contribution in [0.4, 0.5) is 5.69 Å². The summed E-state index contributed by atoms with van der Waals surface area (Å²) in [5.41, 5.74) is 4.73. The molecular formula is C13H20N4O3S. The lowest BCUT2D eigenvalue weighted by molar-refractivity contribution is 0.0386. The first kappa shape index (κ1) is 17.4. The van der Waals surface area contributed by atoms with E-state index in [1.807, 2.05) is 6.07 Å². The maximum Gasteiger partial charge on any atom is 0.242 e. The van der Waals surface area contributed by atoms with Gasteiger partial charge in [0.15, 0.2) is 0 Å². The molecule has 8 heteroatoms. The maximum absolute atomic E-state index is 12.2. The van der Waals surface area contributed by atoms with Crippen molar-refractivity contribution in [2.24, 2.45) is 0 Å². The normalized spacial score (nSPS) is 14.7. The Bertz CT molecular complexity index is 648. The van der Waals surface area contributed by atoms with Crippen LogP contribution in [0.25, 0.3) is 0 Å². The summed E-state index contributed by atoms with van der Waals surface area (Å²) in [5, 5.41) is 18.8. The first-order valence-corrected chi connectivity index (χ1v) is 7.72. The Labute approximate surface area is 125 Å². The van der Waals surface area contributed by atoms with Crippen LogP contribution in [0.2, 0.25) is 0 Å². The van der Waals surface area contributed by atoms with Gasteiger partial charge in [-0.15, -0.1) is 0 Å². The van der Waals surface area contributed by atoms with Gasteiger partial charge < -0.3 is 15.7 Å². The van der Waals surface area contributed by atoms with E-state index in [4.69, 9.17) is 11.0 Å². The lowest BCUT2D eigenvalue weighted by Gasteiger charge is -2.27. The van der Waals surface area contributed by atoms with Crippen LogP contribution in [0.3, 0.4) is 0 Å². The first-order chi connectivity index (χ1) is 9.57. The van der Waals surface area contributed by atoms with Crippen LogP contribution in [-0.2, 0) is 10.0 Å². The lowest BCUT2D eigenvalue weighted by atomic mass is 10.1. The van der Waals surface area contributed by atoms with E-state index in [0.29, 0.717) is 6.54 Å². The molecule has 0 spiro atoms. The van der Waals surface area contributed by atoms with Gasteiger partial charge in [-0.2, -0.15) is 5.26 Å². The van der Waals surface area contributed by atoms with Crippen LogP contribution in [-0.4, -0.2) is 51.2 Å². The molecule has 116 valence electrons. The number of likely N-dealkylation sites (N-methyl/N-ethyl adjacent to an activating group) is 1. The minimum atomic E-state index is -3.85. The summed E-state index contributed by atoms with van der Waals surface area (Å²) in [6, 6.07) is 5.83. The minimum Gasteiger partial charge on any atom is -0.398 e. The van der Waals surface area contributed by atoms with Crippen molar-refractivity contribution in [3.8, 4) is 6.07 Å². The molecule has 0 aliphatic heterocycles. The summed E-state index contributed by atoms with van der Waals surface area (Å²) in [4.78, 5) is 1.65. The minimum absolute atomic E-state index is 0.00574. The van der Waals surface area contributed by atoms with Crippen LogP contribution in [0.5, 0.6) is 0 Å². The van der Waals surface area contributed by atoms with Gasteiger partial charge in [0, 0.05) is 13.1 Å². The van der Waals surface area contributed by atoms with E-state index in [-0.39, 0.29) is 22.7 Å². The molecule has 7 nitrogen and oxygen atoms in total. The van der Waals surface area contributed by atoms with Crippen LogP contribution in [0, 0.1) is 11.3 Å². The number of nitrogens with two attached hydrogens (primary N) is 1. The second kappa shape index (κ2) is 6.41. The molecule has 21 heavy (non-hydrogen) atoms. The molecule has 0 bridgehead atoms. The van der Waals surface area contributed by atoms with Crippen molar-refractivity contribution >= 4 is 15.7 Å². The third kappa shape index (κ3) is 4.99. The predicted molar refractivity (Wildman–Crippen MR) is 79.9 cm³/mol. The van der Waals surface area contributed by atoms with Crippen molar-refractivity contribution in [2.45, 2.75) is 17.4 Å². The Morgan fingerprint density at radius 3 is 2.57 bits per heavy atom. The van der Waals surface area contributed by atoms with E-state index in [9.17, 15) is 13.5 Å². The van der Waals surface area contributed by atoms with Gasteiger partial charge in [-0.05, 0) is 39.2 Å². The van der Waals surface area contributed by atoms with Gasteiger partial charge in [0.2, 0.25) is 10.0 Å². The molecule has 1 rings (SSSR count). The average molecular weight is 312 g/mol. The third-order valence-electron chi connectivity index (χ3n) is 2.73. The number of hydrogen-bond acceptors (Lipinski definition) is 6. The molecule has 1 unspecified atom stereocenters. The van der Waals surface area contributed by atoms with E-state index < -0.39 is 15.6 Å². The zero-order valence-corrected chi connectivity index (χ0v) is 13.1. The molecule has 1 aromatic carbocycles. The van der Waals surface area contributed by atoms with Gasteiger partial charge in [-0.1, -0.05) is 0 Å².